The van der Waals surface area contributed by atoms with Crippen molar-refractivity contribution in [3.05, 3.63) is 64.6 Å². The van der Waals surface area contributed by atoms with E-state index in [0.717, 1.165) is 36.1 Å². The van der Waals surface area contributed by atoms with Crippen molar-refractivity contribution in [1.82, 2.24) is 10.1 Å². The predicted octanol–water partition coefficient (Wildman–Crippen LogP) is 3.38. The summed E-state index contributed by atoms with van der Waals surface area (Å²) in [6.45, 7) is 5.00. The topological polar surface area (TPSA) is 144 Å². The highest BCUT2D eigenvalue weighted by atomic mass is 19.4. The Labute approximate surface area is 219 Å². The normalized spacial score (nSPS) is 16.1. The van der Waals surface area contributed by atoms with Gasteiger partial charge in [-0.15, -0.1) is 0 Å². The molecule has 0 unspecified atom stereocenters. The van der Waals surface area contributed by atoms with Crippen molar-refractivity contribution in [3.8, 4) is 11.4 Å². The van der Waals surface area contributed by atoms with Crippen LogP contribution in [0, 0.1) is 0 Å². The van der Waals surface area contributed by atoms with Crippen molar-refractivity contribution in [2.45, 2.75) is 39.2 Å². The van der Waals surface area contributed by atoms with Crippen molar-refractivity contribution < 1.29 is 41.6 Å². The van der Waals surface area contributed by atoms with Gasteiger partial charge in [0.1, 0.15) is 0 Å². The molecule has 39 heavy (non-hydrogen) atoms. The Morgan fingerprint density at radius 1 is 1.10 bits per heavy atom. The lowest BCUT2D eigenvalue weighted by Gasteiger charge is -2.35. The number of ether oxygens (including phenoxy) is 2. The molecule has 0 radical (unpaired) electrons. The lowest BCUT2D eigenvalue weighted by molar-refractivity contribution is -0.167. The van der Waals surface area contributed by atoms with Gasteiger partial charge in [0.2, 0.25) is 6.10 Å². The molecule has 2 heterocycles. The van der Waals surface area contributed by atoms with Crippen molar-refractivity contribution in [3.63, 3.8) is 0 Å². The number of anilines is 2. The quantitative estimate of drug-likeness (QED) is 0.445. The van der Waals surface area contributed by atoms with Crippen LogP contribution in [0.4, 0.5) is 24.5 Å². The number of hydrogen-bond acceptors (Lipinski definition) is 8. The minimum Gasteiger partial charge on any atom is -0.449 e. The molecule has 1 aromatic heterocycles. The first-order chi connectivity index (χ1) is 18.5. The van der Waals surface area contributed by atoms with E-state index in [2.05, 4.69) is 20.0 Å². The Kier molecular flexibility index (Phi) is 9.24. The SMILES string of the molecule is CC.CC(=O)O[C@@H](C(=O)Nc1ccc(-c2noc(=O)[nH]2)cc1)[C@H]1OCCN(c2ccc(C(F)(F)F)cc2)C1=O. The third-order valence-corrected chi connectivity index (χ3v) is 5.32. The van der Waals surface area contributed by atoms with Gasteiger partial charge in [-0.25, -0.2) is 4.79 Å². The average Bonchev–Trinajstić information content (AvgIpc) is 3.35. The first-order valence-corrected chi connectivity index (χ1v) is 11.8. The van der Waals surface area contributed by atoms with Crippen molar-refractivity contribution in [2.24, 2.45) is 0 Å². The van der Waals surface area contributed by atoms with Gasteiger partial charge in [-0.3, -0.25) is 23.9 Å². The number of carbonyl (C=O) groups is 3. The van der Waals surface area contributed by atoms with E-state index >= 15 is 0 Å². The maximum Gasteiger partial charge on any atom is 0.439 e. The summed E-state index contributed by atoms with van der Waals surface area (Å²) in [6.07, 6.45) is -7.77. The van der Waals surface area contributed by atoms with Crippen LogP contribution in [0.25, 0.3) is 11.4 Å². The standard InChI is InChI=1S/C23H19F3N4O7.C2H6/c1-12(31)36-17(20(32)27-15-6-2-13(3-7-15)19-28-22(34)37-29-19)18-21(33)30(10-11-35-18)16-8-4-14(5-9-16)23(24,25)26;1-2/h2-9,17-18H,10-11H2,1H3,(H,27,32)(H,28,29,34);1-2H3/t17-,18-;/m1./s1. The van der Waals surface area contributed by atoms with Crippen LogP contribution in [0.3, 0.4) is 0 Å². The fraction of sp³-hybridized carbons (Fsp3) is 0.320. The molecule has 1 aliphatic heterocycles. The van der Waals surface area contributed by atoms with Crippen LogP contribution in [0.15, 0.2) is 57.8 Å². The van der Waals surface area contributed by atoms with Gasteiger partial charge in [0, 0.05) is 30.4 Å². The zero-order valence-corrected chi connectivity index (χ0v) is 21.1. The molecule has 11 nitrogen and oxygen atoms in total. The van der Waals surface area contributed by atoms with Crippen molar-refractivity contribution in [2.75, 3.05) is 23.4 Å². The van der Waals surface area contributed by atoms with Gasteiger partial charge < -0.3 is 19.7 Å². The van der Waals surface area contributed by atoms with Gasteiger partial charge in [0.25, 0.3) is 11.8 Å². The number of H-pyrrole nitrogens is 1. The van der Waals surface area contributed by atoms with Gasteiger partial charge in [0.05, 0.1) is 12.2 Å². The number of esters is 1. The number of rotatable bonds is 6. The third-order valence-electron chi connectivity index (χ3n) is 5.32. The van der Waals surface area contributed by atoms with Crippen molar-refractivity contribution >= 4 is 29.2 Å². The molecule has 14 heteroatoms. The second kappa shape index (κ2) is 12.4. The molecular formula is C25H25F3N4O7. The average molecular weight is 550 g/mol. The van der Waals surface area contributed by atoms with Crippen LogP contribution >= 0.6 is 0 Å². The van der Waals surface area contributed by atoms with Crippen LogP contribution in [-0.4, -0.2) is 53.3 Å². The molecule has 0 spiro atoms. The first kappa shape index (κ1) is 29.1. The first-order valence-electron chi connectivity index (χ1n) is 11.8. The van der Waals surface area contributed by atoms with Gasteiger partial charge in [-0.1, -0.05) is 19.0 Å². The maximum atomic E-state index is 13.2. The number of nitrogens with zero attached hydrogens (tertiary/aromatic N) is 2. The zero-order valence-electron chi connectivity index (χ0n) is 21.1. The molecule has 0 bridgehead atoms. The van der Waals surface area contributed by atoms with Gasteiger partial charge >= 0.3 is 17.9 Å². The molecule has 2 atom stereocenters. The van der Waals surface area contributed by atoms with Crippen LogP contribution in [0.5, 0.6) is 0 Å². The molecule has 1 aliphatic rings. The third kappa shape index (κ3) is 7.10. The molecule has 2 aromatic carbocycles. The van der Waals surface area contributed by atoms with E-state index in [1.165, 1.54) is 24.3 Å². The van der Waals surface area contributed by atoms with Gasteiger partial charge in [-0.2, -0.15) is 13.2 Å². The number of alkyl halides is 3. The largest absolute Gasteiger partial charge is 0.449 e. The van der Waals surface area contributed by atoms with E-state index < -0.39 is 47.5 Å². The molecule has 2 amide bonds. The number of amides is 2. The Hall–Kier alpha value is -4.46. The second-order valence-electron chi connectivity index (χ2n) is 7.87. The Morgan fingerprint density at radius 3 is 2.28 bits per heavy atom. The molecular weight excluding hydrogens is 525 g/mol. The number of benzene rings is 2. The molecule has 0 aliphatic carbocycles. The minimum absolute atomic E-state index is 0.0146. The molecule has 4 rings (SSSR count). The van der Waals surface area contributed by atoms with Crippen LogP contribution in [-0.2, 0) is 30.0 Å². The fourth-order valence-corrected chi connectivity index (χ4v) is 3.62. The molecule has 3 aromatic rings. The maximum absolute atomic E-state index is 13.2. The summed E-state index contributed by atoms with van der Waals surface area (Å²) in [5.41, 5.74) is 0.0272. The number of carbonyl (C=O) groups excluding carboxylic acids is 3. The number of nitrogens with one attached hydrogen (secondary N) is 2. The summed E-state index contributed by atoms with van der Waals surface area (Å²) in [6, 6.07) is 9.94. The fourth-order valence-electron chi connectivity index (χ4n) is 3.62. The summed E-state index contributed by atoms with van der Waals surface area (Å²) in [7, 11) is 0. The Morgan fingerprint density at radius 2 is 1.74 bits per heavy atom. The van der Waals surface area contributed by atoms with E-state index in [1.807, 2.05) is 13.8 Å². The Balaban J connectivity index is 0.00000205. The van der Waals surface area contributed by atoms with Crippen LogP contribution in [0.1, 0.15) is 26.3 Å². The number of morpholine rings is 1. The van der Waals surface area contributed by atoms with Crippen molar-refractivity contribution in [1.29, 1.82) is 0 Å². The van der Waals surface area contributed by atoms with E-state index in [9.17, 15) is 32.3 Å². The number of aromatic nitrogens is 2. The summed E-state index contributed by atoms with van der Waals surface area (Å²) in [4.78, 5) is 52.5. The summed E-state index contributed by atoms with van der Waals surface area (Å²) >= 11 is 0. The highest BCUT2D eigenvalue weighted by molar-refractivity contribution is 6.04. The van der Waals surface area contributed by atoms with Crippen LogP contribution < -0.4 is 16.0 Å². The highest BCUT2D eigenvalue weighted by Crippen LogP contribution is 2.31. The molecule has 208 valence electrons. The molecule has 1 fully saturated rings. The summed E-state index contributed by atoms with van der Waals surface area (Å²) in [5.74, 6) is -3.05. The highest BCUT2D eigenvalue weighted by Gasteiger charge is 2.42. The van der Waals surface area contributed by atoms with Gasteiger partial charge in [0.15, 0.2) is 11.9 Å². The summed E-state index contributed by atoms with van der Waals surface area (Å²) < 4.78 is 53.7. The van der Waals surface area contributed by atoms with E-state index in [4.69, 9.17) is 9.47 Å². The minimum atomic E-state index is -4.54. The lowest BCUT2D eigenvalue weighted by atomic mass is 10.1. The lowest BCUT2D eigenvalue weighted by Crippen LogP contribution is -2.56. The van der Waals surface area contributed by atoms with E-state index in [0.29, 0.717) is 5.56 Å². The second-order valence-corrected chi connectivity index (χ2v) is 7.87. The monoisotopic (exact) mass is 550 g/mol. The number of halogens is 3. The predicted molar refractivity (Wildman–Crippen MR) is 132 cm³/mol. The van der Waals surface area contributed by atoms with E-state index in [-0.39, 0.29) is 30.4 Å². The molecule has 1 saturated heterocycles. The smallest absolute Gasteiger partial charge is 0.439 e. The summed E-state index contributed by atoms with van der Waals surface area (Å²) in [5, 5.41) is 6.07. The van der Waals surface area contributed by atoms with Crippen LogP contribution in [0.2, 0.25) is 0 Å². The number of aromatic amines is 1. The number of hydrogen-bond donors (Lipinski definition) is 2. The van der Waals surface area contributed by atoms with E-state index in [1.54, 1.807) is 0 Å². The van der Waals surface area contributed by atoms with Gasteiger partial charge in [-0.05, 0) is 48.5 Å². The Bertz CT molecular complexity index is 1350. The molecule has 0 saturated carbocycles. The zero-order chi connectivity index (χ0) is 28.7. The molecule has 2 N–H and O–H groups in total.